The van der Waals surface area contributed by atoms with E-state index in [0.717, 1.165) is 44.6 Å². The summed E-state index contributed by atoms with van der Waals surface area (Å²) < 4.78 is 5.56. The summed E-state index contributed by atoms with van der Waals surface area (Å²) >= 11 is 0. The Labute approximate surface area is 141 Å². The van der Waals surface area contributed by atoms with Crippen LogP contribution in [-0.2, 0) is 19.4 Å². The lowest BCUT2D eigenvalue weighted by Gasteiger charge is -2.27. The summed E-state index contributed by atoms with van der Waals surface area (Å²) in [7, 11) is 0. The third-order valence-corrected chi connectivity index (χ3v) is 5.01. The SMILES string of the molecule is O=C(O)c1ccc2c(c1)CCCC2NCc1ccc2c(c1)CCO2. The van der Waals surface area contributed by atoms with Gasteiger partial charge < -0.3 is 15.2 Å². The van der Waals surface area contributed by atoms with Crippen molar-refractivity contribution in [2.45, 2.75) is 38.3 Å². The Morgan fingerprint density at radius 3 is 2.96 bits per heavy atom. The number of benzene rings is 2. The summed E-state index contributed by atoms with van der Waals surface area (Å²) in [5.41, 5.74) is 5.36. The predicted molar refractivity (Wildman–Crippen MR) is 91.6 cm³/mol. The molecule has 24 heavy (non-hydrogen) atoms. The second-order valence-electron chi connectivity index (χ2n) is 6.58. The third-order valence-electron chi connectivity index (χ3n) is 5.01. The van der Waals surface area contributed by atoms with Gasteiger partial charge in [0.05, 0.1) is 12.2 Å². The Kier molecular flexibility index (Phi) is 3.98. The molecule has 2 aromatic carbocycles. The van der Waals surface area contributed by atoms with Crippen molar-refractivity contribution in [3.63, 3.8) is 0 Å². The zero-order chi connectivity index (χ0) is 16.5. The van der Waals surface area contributed by atoms with E-state index in [4.69, 9.17) is 9.84 Å². The molecule has 0 fully saturated rings. The van der Waals surface area contributed by atoms with Gasteiger partial charge in [-0.25, -0.2) is 4.79 Å². The van der Waals surface area contributed by atoms with Gasteiger partial charge in [0.15, 0.2) is 0 Å². The molecule has 4 heteroatoms. The minimum Gasteiger partial charge on any atom is -0.493 e. The number of aromatic carboxylic acids is 1. The molecular formula is C20H21NO3. The van der Waals surface area contributed by atoms with Crippen LogP contribution < -0.4 is 10.1 Å². The minimum atomic E-state index is -0.853. The molecule has 0 radical (unpaired) electrons. The van der Waals surface area contributed by atoms with E-state index in [-0.39, 0.29) is 0 Å². The van der Waals surface area contributed by atoms with Crippen molar-refractivity contribution >= 4 is 5.97 Å². The van der Waals surface area contributed by atoms with Crippen LogP contribution in [0.1, 0.15) is 51.5 Å². The van der Waals surface area contributed by atoms with Crippen LogP contribution in [0.15, 0.2) is 36.4 Å². The number of hydrogen-bond acceptors (Lipinski definition) is 3. The van der Waals surface area contributed by atoms with E-state index in [2.05, 4.69) is 23.5 Å². The van der Waals surface area contributed by atoms with Crippen LogP contribution >= 0.6 is 0 Å². The summed E-state index contributed by atoms with van der Waals surface area (Å²) in [6, 6.07) is 12.2. The van der Waals surface area contributed by atoms with Gasteiger partial charge in [-0.3, -0.25) is 0 Å². The van der Waals surface area contributed by atoms with Crippen LogP contribution in [0.5, 0.6) is 5.75 Å². The average Bonchev–Trinajstić information content (AvgIpc) is 3.07. The molecule has 0 bridgehead atoms. The molecule has 1 unspecified atom stereocenters. The van der Waals surface area contributed by atoms with E-state index in [1.807, 2.05) is 12.1 Å². The molecule has 0 amide bonds. The lowest BCUT2D eigenvalue weighted by molar-refractivity contribution is 0.0696. The predicted octanol–water partition coefficient (Wildman–Crippen LogP) is 3.49. The molecule has 124 valence electrons. The molecule has 4 nitrogen and oxygen atoms in total. The molecule has 1 atom stereocenters. The highest BCUT2D eigenvalue weighted by Crippen LogP contribution is 2.31. The smallest absolute Gasteiger partial charge is 0.335 e. The monoisotopic (exact) mass is 323 g/mol. The van der Waals surface area contributed by atoms with Crippen LogP contribution in [-0.4, -0.2) is 17.7 Å². The molecule has 1 heterocycles. The summed E-state index contributed by atoms with van der Waals surface area (Å²) in [6.07, 6.45) is 4.14. The van der Waals surface area contributed by atoms with Crippen LogP contribution in [0.2, 0.25) is 0 Å². The van der Waals surface area contributed by atoms with Gasteiger partial charge in [-0.1, -0.05) is 18.2 Å². The number of fused-ring (bicyclic) bond motifs is 2. The molecular weight excluding hydrogens is 302 g/mol. The highest BCUT2D eigenvalue weighted by Gasteiger charge is 2.21. The first kappa shape index (κ1) is 15.2. The number of carboxylic acid groups (broad SMARTS) is 1. The van der Waals surface area contributed by atoms with Crippen molar-refractivity contribution in [3.8, 4) is 5.75 Å². The molecule has 1 aliphatic heterocycles. The zero-order valence-corrected chi connectivity index (χ0v) is 13.5. The second-order valence-corrected chi connectivity index (χ2v) is 6.58. The number of carbonyl (C=O) groups is 1. The molecule has 1 aliphatic carbocycles. The molecule has 0 saturated heterocycles. The Bertz CT molecular complexity index is 784. The van der Waals surface area contributed by atoms with Gasteiger partial charge in [-0.05, 0) is 59.7 Å². The van der Waals surface area contributed by atoms with Crippen LogP contribution in [0.3, 0.4) is 0 Å². The first-order chi connectivity index (χ1) is 11.7. The molecule has 2 N–H and O–H groups in total. The molecule has 4 rings (SSSR count). The summed E-state index contributed by atoms with van der Waals surface area (Å²) in [4.78, 5) is 11.1. The summed E-state index contributed by atoms with van der Waals surface area (Å²) in [5.74, 6) is 0.163. The van der Waals surface area contributed by atoms with Crippen molar-refractivity contribution in [3.05, 3.63) is 64.2 Å². The van der Waals surface area contributed by atoms with Gasteiger partial charge in [-0.15, -0.1) is 0 Å². The van der Waals surface area contributed by atoms with Gasteiger partial charge in [0.2, 0.25) is 0 Å². The fourth-order valence-electron chi connectivity index (χ4n) is 3.75. The molecule has 0 spiro atoms. The molecule has 2 aromatic rings. The van der Waals surface area contributed by atoms with Crippen molar-refractivity contribution in [1.29, 1.82) is 0 Å². The normalized spacial score (nSPS) is 18.6. The summed E-state index contributed by atoms with van der Waals surface area (Å²) in [6.45, 7) is 1.60. The van der Waals surface area contributed by atoms with E-state index in [1.165, 1.54) is 22.3 Å². The molecule has 2 aliphatic rings. The lowest BCUT2D eigenvalue weighted by Crippen LogP contribution is -2.25. The number of aryl methyl sites for hydroxylation is 1. The van der Waals surface area contributed by atoms with Gasteiger partial charge >= 0.3 is 5.97 Å². The standard InChI is InChI=1S/C20H21NO3/c22-20(23)16-5-6-17-14(11-16)2-1-3-18(17)21-12-13-4-7-19-15(10-13)8-9-24-19/h4-7,10-11,18,21H,1-3,8-9,12H2,(H,22,23). The maximum atomic E-state index is 11.1. The Hall–Kier alpha value is -2.33. The van der Waals surface area contributed by atoms with E-state index >= 15 is 0 Å². The highest BCUT2D eigenvalue weighted by atomic mass is 16.5. The second kappa shape index (κ2) is 6.29. The lowest BCUT2D eigenvalue weighted by atomic mass is 9.86. The molecule has 0 saturated carbocycles. The number of ether oxygens (including phenoxy) is 1. The van der Waals surface area contributed by atoms with Crippen molar-refractivity contribution < 1.29 is 14.6 Å². The average molecular weight is 323 g/mol. The number of carboxylic acids is 1. The third kappa shape index (κ3) is 2.89. The van der Waals surface area contributed by atoms with Crippen LogP contribution in [0, 0.1) is 0 Å². The number of hydrogen-bond donors (Lipinski definition) is 2. The fraction of sp³-hybridized carbons (Fsp3) is 0.350. The Balaban J connectivity index is 1.49. The van der Waals surface area contributed by atoms with Gasteiger partial charge in [-0.2, -0.15) is 0 Å². The first-order valence-corrected chi connectivity index (χ1v) is 8.55. The largest absolute Gasteiger partial charge is 0.493 e. The van der Waals surface area contributed by atoms with Gasteiger partial charge in [0.1, 0.15) is 5.75 Å². The van der Waals surface area contributed by atoms with Crippen LogP contribution in [0.4, 0.5) is 0 Å². The molecule has 0 aromatic heterocycles. The van der Waals surface area contributed by atoms with E-state index in [9.17, 15) is 4.79 Å². The quantitative estimate of drug-likeness (QED) is 0.904. The topological polar surface area (TPSA) is 58.6 Å². The maximum absolute atomic E-state index is 11.1. The van der Waals surface area contributed by atoms with Crippen molar-refractivity contribution in [1.82, 2.24) is 5.32 Å². The minimum absolute atomic E-state index is 0.293. The van der Waals surface area contributed by atoms with Crippen molar-refractivity contribution in [2.75, 3.05) is 6.61 Å². The highest BCUT2D eigenvalue weighted by molar-refractivity contribution is 5.88. The van der Waals surface area contributed by atoms with E-state index in [0.29, 0.717) is 11.6 Å². The van der Waals surface area contributed by atoms with Gasteiger partial charge in [0, 0.05) is 19.0 Å². The maximum Gasteiger partial charge on any atom is 0.335 e. The summed E-state index contributed by atoms with van der Waals surface area (Å²) in [5, 5.41) is 12.8. The van der Waals surface area contributed by atoms with E-state index < -0.39 is 5.97 Å². The Morgan fingerprint density at radius 1 is 1.17 bits per heavy atom. The van der Waals surface area contributed by atoms with Crippen molar-refractivity contribution in [2.24, 2.45) is 0 Å². The number of nitrogens with one attached hydrogen (secondary N) is 1. The number of rotatable bonds is 4. The first-order valence-electron chi connectivity index (χ1n) is 8.55. The van der Waals surface area contributed by atoms with Crippen LogP contribution in [0.25, 0.3) is 0 Å². The van der Waals surface area contributed by atoms with Gasteiger partial charge in [0.25, 0.3) is 0 Å². The fourth-order valence-corrected chi connectivity index (χ4v) is 3.75. The Morgan fingerprint density at radius 2 is 2.08 bits per heavy atom. The van der Waals surface area contributed by atoms with E-state index in [1.54, 1.807) is 6.07 Å². The zero-order valence-electron chi connectivity index (χ0n) is 13.5.